The van der Waals surface area contributed by atoms with Crippen molar-refractivity contribution in [3.63, 3.8) is 0 Å². The highest BCUT2D eigenvalue weighted by molar-refractivity contribution is 5.74. The van der Waals surface area contributed by atoms with Gasteiger partial charge in [0.1, 0.15) is 0 Å². The van der Waals surface area contributed by atoms with E-state index in [2.05, 4.69) is 10.6 Å². The lowest BCUT2D eigenvalue weighted by Crippen LogP contribution is -2.42. The van der Waals surface area contributed by atoms with Crippen molar-refractivity contribution < 1.29 is 14.6 Å². The number of ether oxygens (including phenoxy) is 1. The molecule has 0 heterocycles. The van der Waals surface area contributed by atoms with E-state index in [0.29, 0.717) is 19.3 Å². The number of carbonyl (C=O) groups excluding carboxylic acids is 1. The zero-order valence-electron chi connectivity index (χ0n) is 11.3. The van der Waals surface area contributed by atoms with Crippen molar-refractivity contribution in [1.29, 1.82) is 0 Å². The summed E-state index contributed by atoms with van der Waals surface area (Å²) in [6.45, 7) is 3.03. The Morgan fingerprint density at radius 3 is 2.78 bits per heavy atom. The molecule has 3 N–H and O–H groups in total. The van der Waals surface area contributed by atoms with Crippen molar-refractivity contribution in [2.45, 2.75) is 57.6 Å². The molecule has 0 aromatic heterocycles. The van der Waals surface area contributed by atoms with Crippen LogP contribution >= 0.6 is 0 Å². The Labute approximate surface area is 109 Å². The van der Waals surface area contributed by atoms with Crippen LogP contribution in [0.25, 0.3) is 0 Å². The molecular formula is C13H26N2O3. The summed E-state index contributed by atoms with van der Waals surface area (Å²) in [6.07, 6.45) is 7.53. The van der Waals surface area contributed by atoms with Crippen LogP contribution in [0.2, 0.25) is 0 Å². The fourth-order valence-corrected chi connectivity index (χ4v) is 2.08. The van der Waals surface area contributed by atoms with Crippen LogP contribution in [0.1, 0.15) is 45.4 Å². The molecule has 0 saturated heterocycles. The molecule has 1 saturated carbocycles. The molecule has 106 valence electrons. The first-order valence-electron chi connectivity index (χ1n) is 6.99. The van der Waals surface area contributed by atoms with Crippen molar-refractivity contribution in [3.05, 3.63) is 0 Å². The van der Waals surface area contributed by atoms with Gasteiger partial charge < -0.3 is 20.5 Å². The topological polar surface area (TPSA) is 70.6 Å². The molecule has 0 aromatic rings. The molecule has 1 rings (SSSR count). The molecule has 0 spiro atoms. The van der Waals surface area contributed by atoms with E-state index in [0.717, 1.165) is 6.42 Å². The third kappa shape index (κ3) is 6.81. The smallest absolute Gasteiger partial charge is 0.315 e. The molecule has 0 radical (unpaired) electrons. The van der Waals surface area contributed by atoms with Gasteiger partial charge in [0.2, 0.25) is 0 Å². The summed E-state index contributed by atoms with van der Waals surface area (Å²) in [5.74, 6) is 0. The first-order chi connectivity index (χ1) is 8.72. The molecule has 1 unspecified atom stereocenters. The average molecular weight is 258 g/mol. The normalized spacial score (nSPS) is 18.3. The van der Waals surface area contributed by atoms with Gasteiger partial charge in [-0.05, 0) is 26.2 Å². The number of aliphatic hydroxyl groups is 1. The van der Waals surface area contributed by atoms with E-state index in [1.54, 1.807) is 6.92 Å². The second-order valence-corrected chi connectivity index (χ2v) is 4.97. The fourth-order valence-electron chi connectivity index (χ4n) is 2.08. The molecule has 18 heavy (non-hydrogen) atoms. The summed E-state index contributed by atoms with van der Waals surface area (Å²) in [6, 6.07) is -0.433. The molecular weight excluding hydrogens is 232 g/mol. The van der Waals surface area contributed by atoms with E-state index in [4.69, 9.17) is 9.84 Å². The first kappa shape index (κ1) is 15.2. The highest BCUT2D eigenvalue weighted by atomic mass is 16.5. The molecule has 0 bridgehead atoms. The minimum Gasteiger partial charge on any atom is -0.394 e. The summed E-state index contributed by atoms with van der Waals surface area (Å²) in [7, 11) is 0. The summed E-state index contributed by atoms with van der Waals surface area (Å²) in [5, 5.41) is 14.1. The van der Waals surface area contributed by atoms with Crippen LogP contribution in [0.5, 0.6) is 0 Å². The van der Waals surface area contributed by atoms with Crippen LogP contribution < -0.4 is 10.6 Å². The van der Waals surface area contributed by atoms with Crippen molar-refractivity contribution in [2.75, 3.05) is 19.8 Å². The van der Waals surface area contributed by atoms with E-state index < -0.39 is 0 Å². The number of nitrogens with one attached hydrogen (secondary N) is 2. The van der Waals surface area contributed by atoms with E-state index in [9.17, 15) is 4.79 Å². The Hall–Kier alpha value is -0.810. The van der Waals surface area contributed by atoms with Crippen LogP contribution in [0.4, 0.5) is 4.79 Å². The van der Waals surface area contributed by atoms with Gasteiger partial charge >= 0.3 is 6.03 Å². The molecule has 0 aromatic carbocycles. The van der Waals surface area contributed by atoms with E-state index >= 15 is 0 Å². The highest BCUT2D eigenvalue weighted by Gasteiger charge is 2.13. The zero-order valence-corrected chi connectivity index (χ0v) is 11.3. The van der Waals surface area contributed by atoms with Gasteiger partial charge in [-0.3, -0.25) is 0 Å². The standard InChI is InChI=1S/C13H26N2O3/c1-11(10-16)15-13(17)14-8-5-9-18-12-6-3-2-4-7-12/h11-12,16H,2-10H2,1H3,(H2,14,15,17). The number of urea groups is 1. The van der Waals surface area contributed by atoms with Gasteiger partial charge in [0.15, 0.2) is 0 Å². The number of aliphatic hydroxyl groups excluding tert-OH is 1. The van der Waals surface area contributed by atoms with Gasteiger partial charge in [-0.25, -0.2) is 4.79 Å². The molecule has 1 fully saturated rings. The maximum atomic E-state index is 11.3. The monoisotopic (exact) mass is 258 g/mol. The van der Waals surface area contributed by atoms with Crippen LogP contribution in [0.3, 0.4) is 0 Å². The number of amides is 2. The van der Waals surface area contributed by atoms with Gasteiger partial charge in [0.25, 0.3) is 0 Å². The quantitative estimate of drug-likeness (QED) is 0.605. The van der Waals surface area contributed by atoms with Crippen molar-refractivity contribution in [2.24, 2.45) is 0 Å². The lowest BCUT2D eigenvalue weighted by molar-refractivity contribution is 0.0275. The largest absolute Gasteiger partial charge is 0.394 e. The lowest BCUT2D eigenvalue weighted by atomic mass is 9.98. The summed E-state index contributed by atoms with van der Waals surface area (Å²) < 4.78 is 5.76. The maximum Gasteiger partial charge on any atom is 0.315 e. The van der Waals surface area contributed by atoms with E-state index in [-0.39, 0.29) is 18.7 Å². The predicted octanol–water partition coefficient (Wildman–Crippen LogP) is 1.41. The molecule has 1 atom stereocenters. The molecule has 0 aliphatic heterocycles. The maximum absolute atomic E-state index is 11.3. The van der Waals surface area contributed by atoms with Crippen molar-refractivity contribution >= 4 is 6.03 Å². The van der Waals surface area contributed by atoms with Crippen LogP contribution in [-0.4, -0.2) is 43.0 Å². The van der Waals surface area contributed by atoms with Crippen LogP contribution in [0, 0.1) is 0 Å². The van der Waals surface area contributed by atoms with E-state index in [1.807, 2.05) is 0 Å². The van der Waals surface area contributed by atoms with Gasteiger partial charge in [-0.2, -0.15) is 0 Å². The van der Waals surface area contributed by atoms with Crippen LogP contribution in [0.15, 0.2) is 0 Å². The van der Waals surface area contributed by atoms with Gasteiger partial charge in [-0.15, -0.1) is 0 Å². The Morgan fingerprint density at radius 2 is 2.11 bits per heavy atom. The number of hydrogen-bond donors (Lipinski definition) is 3. The number of rotatable bonds is 7. The fraction of sp³-hybridized carbons (Fsp3) is 0.923. The van der Waals surface area contributed by atoms with Crippen molar-refractivity contribution in [1.82, 2.24) is 10.6 Å². The molecule has 2 amide bonds. The molecule has 5 nitrogen and oxygen atoms in total. The predicted molar refractivity (Wildman–Crippen MR) is 70.5 cm³/mol. The third-order valence-electron chi connectivity index (χ3n) is 3.16. The Balaban J connectivity index is 1.92. The Morgan fingerprint density at radius 1 is 1.39 bits per heavy atom. The second kappa shape index (κ2) is 9.16. The summed E-state index contributed by atoms with van der Waals surface area (Å²) in [4.78, 5) is 11.3. The minimum absolute atomic E-state index is 0.0434. The molecule has 5 heteroatoms. The third-order valence-corrected chi connectivity index (χ3v) is 3.16. The Bertz CT molecular complexity index is 230. The van der Waals surface area contributed by atoms with E-state index in [1.165, 1.54) is 32.1 Å². The zero-order chi connectivity index (χ0) is 13.2. The average Bonchev–Trinajstić information content (AvgIpc) is 2.39. The first-order valence-corrected chi connectivity index (χ1v) is 6.99. The van der Waals surface area contributed by atoms with Crippen molar-refractivity contribution in [3.8, 4) is 0 Å². The number of carbonyl (C=O) groups is 1. The SMILES string of the molecule is CC(CO)NC(=O)NCCCOC1CCCCC1. The summed E-state index contributed by atoms with van der Waals surface area (Å²) in [5.41, 5.74) is 0. The highest BCUT2D eigenvalue weighted by Crippen LogP contribution is 2.20. The lowest BCUT2D eigenvalue weighted by Gasteiger charge is -2.22. The molecule has 1 aliphatic rings. The van der Waals surface area contributed by atoms with Gasteiger partial charge in [-0.1, -0.05) is 19.3 Å². The summed E-state index contributed by atoms with van der Waals surface area (Å²) >= 11 is 0. The molecule has 1 aliphatic carbocycles. The Kier molecular flexibility index (Phi) is 7.76. The minimum atomic E-state index is -0.228. The van der Waals surface area contributed by atoms with Gasteiger partial charge in [0, 0.05) is 13.2 Å². The number of hydrogen-bond acceptors (Lipinski definition) is 3. The van der Waals surface area contributed by atoms with Gasteiger partial charge in [0.05, 0.1) is 18.8 Å². The second-order valence-electron chi connectivity index (χ2n) is 4.97. The van der Waals surface area contributed by atoms with Crippen LogP contribution in [-0.2, 0) is 4.74 Å².